The van der Waals surface area contributed by atoms with Gasteiger partial charge in [0.2, 0.25) is 0 Å². The van der Waals surface area contributed by atoms with Gasteiger partial charge in [0.05, 0.1) is 18.2 Å². The van der Waals surface area contributed by atoms with Crippen LogP contribution in [0.1, 0.15) is 11.6 Å². The molecule has 0 fully saturated rings. The third-order valence-electron chi connectivity index (χ3n) is 3.38. The molecule has 4 heteroatoms. The van der Waals surface area contributed by atoms with Crippen molar-refractivity contribution in [2.75, 3.05) is 11.9 Å². The highest BCUT2D eigenvalue weighted by atomic mass is 79.9. The zero-order valence-corrected chi connectivity index (χ0v) is 12.9. The van der Waals surface area contributed by atoms with Gasteiger partial charge >= 0.3 is 0 Å². The molecule has 1 unspecified atom stereocenters. The summed E-state index contributed by atoms with van der Waals surface area (Å²) in [6, 6.07) is 17.8. The number of aliphatic hydroxyl groups is 1. The molecule has 2 aromatic carbocycles. The van der Waals surface area contributed by atoms with E-state index >= 15 is 0 Å². The van der Waals surface area contributed by atoms with E-state index in [0.717, 1.165) is 26.6 Å². The van der Waals surface area contributed by atoms with Crippen molar-refractivity contribution in [1.82, 2.24) is 4.98 Å². The summed E-state index contributed by atoms with van der Waals surface area (Å²) in [7, 11) is 0. The van der Waals surface area contributed by atoms with E-state index in [1.165, 1.54) is 0 Å². The molecule has 2 N–H and O–H groups in total. The maximum absolute atomic E-state index is 9.69. The SMILES string of the molecule is OCC(Nc1cccc(Br)c1)c1ccc2ncccc2c1. The number of hydrogen-bond donors (Lipinski definition) is 2. The van der Waals surface area contributed by atoms with Gasteiger partial charge in [0.25, 0.3) is 0 Å². The predicted octanol–water partition coefficient (Wildman–Crippen LogP) is 4.14. The van der Waals surface area contributed by atoms with Crippen molar-refractivity contribution in [3.8, 4) is 0 Å². The van der Waals surface area contributed by atoms with Crippen LogP contribution in [0.25, 0.3) is 10.9 Å². The molecular weight excluding hydrogens is 328 g/mol. The van der Waals surface area contributed by atoms with Gasteiger partial charge in [0, 0.05) is 21.7 Å². The normalized spacial score (nSPS) is 12.3. The molecule has 0 radical (unpaired) electrons. The molecule has 1 aromatic heterocycles. The Labute approximate surface area is 131 Å². The van der Waals surface area contributed by atoms with E-state index in [-0.39, 0.29) is 12.6 Å². The van der Waals surface area contributed by atoms with Crippen molar-refractivity contribution in [3.63, 3.8) is 0 Å². The Morgan fingerprint density at radius 3 is 2.81 bits per heavy atom. The van der Waals surface area contributed by atoms with Crippen LogP contribution in [0, 0.1) is 0 Å². The maximum Gasteiger partial charge on any atom is 0.0745 e. The molecule has 0 spiro atoms. The zero-order chi connectivity index (χ0) is 14.7. The molecule has 0 saturated carbocycles. The van der Waals surface area contributed by atoms with E-state index in [9.17, 15) is 5.11 Å². The van der Waals surface area contributed by atoms with Gasteiger partial charge < -0.3 is 10.4 Å². The van der Waals surface area contributed by atoms with Gasteiger partial charge in [-0.1, -0.05) is 34.1 Å². The van der Waals surface area contributed by atoms with E-state index in [2.05, 4.69) is 32.3 Å². The summed E-state index contributed by atoms with van der Waals surface area (Å²) in [4.78, 5) is 4.31. The molecular formula is C17H15BrN2O. The van der Waals surface area contributed by atoms with Crippen molar-refractivity contribution in [2.45, 2.75) is 6.04 Å². The van der Waals surface area contributed by atoms with E-state index in [1.807, 2.05) is 48.5 Å². The smallest absolute Gasteiger partial charge is 0.0745 e. The summed E-state index contributed by atoms with van der Waals surface area (Å²) in [5.41, 5.74) is 2.97. The van der Waals surface area contributed by atoms with Gasteiger partial charge in [-0.05, 0) is 42.0 Å². The standard InChI is InChI=1S/C17H15BrN2O/c18-14-4-1-5-15(10-14)20-17(11-21)13-6-7-16-12(9-13)3-2-8-19-16/h1-10,17,20-21H,11H2. The summed E-state index contributed by atoms with van der Waals surface area (Å²) >= 11 is 3.45. The topological polar surface area (TPSA) is 45.1 Å². The van der Waals surface area contributed by atoms with Crippen LogP contribution in [0.2, 0.25) is 0 Å². The summed E-state index contributed by atoms with van der Waals surface area (Å²) in [5, 5.41) is 14.1. The highest BCUT2D eigenvalue weighted by molar-refractivity contribution is 9.10. The van der Waals surface area contributed by atoms with Crippen molar-refractivity contribution in [3.05, 3.63) is 70.8 Å². The maximum atomic E-state index is 9.69. The van der Waals surface area contributed by atoms with E-state index in [4.69, 9.17) is 0 Å². The first-order chi connectivity index (χ1) is 10.3. The quantitative estimate of drug-likeness (QED) is 0.748. The molecule has 0 aliphatic carbocycles. The van der Waals surface area contributed by atoms with Crippen molar-refractivity contribution in [2.24, 2.45) is 0 Å². The molecule has 3 rings (SSSR count). The molecule has 1 atom stereocenters. The van der Waals surface area contributed by atoms with Crippen molar-refractivity contribution in [1.29, 1.82) is 0 Å². The van der Waals surface area contributed by atoms with Gasteiger partial charge in [0.1, 0.15) is 0 Å². The molecule has 0 aliphatic heterocycles. The Morgan fingerprint density at radius 2 is 2.00 bits per heavy atom. The average Bonchev–Trinajstić information content (AvgIpc) is 2.52. The first-order valence-electron chi connectivity index (χ1n) is 6.74. The zero-order valence-electron chi connectivity index (χ0n) is 11.3. The Morgan fingerprint density at radius 1 is 1.10 bits per heavy atom. The number of nitrogens with zero attached hydrogens (tertiary/aromatic N) is 1. The minimum atomic E-state index is -0.149. The van der Waals surface area contributed by atoms with Gasteiger partial charge in [-0.25, -0.2) is 0 Å². The van der Waals surface area contributed by atoms with Crippen LogP contribution in [0.4, 0.5) is 5.69 Å². The Kier molecular flexibility index (Phi) is 4.18. The number of halogens is 1. The molecule has 0 amide bonds. The lowest BCUT2D eigenvalue weighted by molar-refractivity contribution is 0.276. The Balaban J connectivity index is 1.90. The second kappa shape index (κ2) is 6.24. The minimum Gasteiger partial charge on any atom is -0.394 e. The van der Waals surface area contributed by atoms with Crippen molar-refractivity contribution < 1.29 is 5.11 Å². The fraction of sp³-hybridized carbons (Fsp3) is 0.118. The summed E-state index contributed by atoms with van der Waals surface area (Å²) in [5.74, 6) is 0. The lowest BCUT2D eigenvalue weighted by Crippen LogP contribution is -2.14. The van der Waals surface area contributed by atoms with Gasteiger partial charge in [0.15, 0.2) is 0 Å². The molecule has 106 valence electrons. The molecule has 0 bridgehead atoms. The summed E-state index contributed by atoms with van der Waals surface area (Å²) < 4.78 is 1.01. The molecule has 21 heavy (non-hydrogen) atoms. The number of benzene rings is 2. The number of aromatic nitrogens is 1. The third-order valence-corrected chi connectivity index (χ3v) is 3.87. The number of pyridine rings is 1. The molecule has 0 aliphatic rings. The number of hydrogen-bond acceptors (Lipinski definition) is 3. The fourth-order valence-corrected chi connectivity index (χ4v) is 2.72. The first-order valence-corrected chi connectivity index (χ1v) is 7.53. The van der Waals surface area contributed by atoms with E-state index in [0.29, 0.717) is 0 Å². The Hall–Kier alpha value is -1.91. The van der Waals surface area contributed by atoms with E-state index < -0.39 is 0 Å². The highest BCUT2D eigenvalue weighted by Gasteiger charge is 2.11. The number of aliphatic hydroxyl groups excluding tert-OH is 1. The highest BCUT2D eigenvalue weighted by Crippen LogP contribution is 2.24. The first kappa shape index (κ1) is 14.0. The van der Waals surface area contributed by atoms with Crippen LogP contribution in [0.15, 0.2) is 65.3 Å². The molecule has 1 heterocycles. The third kappa shape index (κ3) is 3.23. The van der Waals surface area contributed by atoms with Crippen LogP contribution in [0.5, 0.6) is 0 Å². The second-order valence-electron chi connectivity index (χ2n) is 4.85. The number of rotatable bonds is 4. The minimum absolute atomic E-state index is 0.0261. The van der Waals surface area contributed by atoms with Gasteiger partial charge in [-0.2, -0.15) is 0 Å². The summed E-state index contributed by atoms with van der Waals surface area (Å²) in [6.07, 6.45) is 1.78. The Bertz CT molecular complexity index is 760. The van der Waals surface area contributed by atoms with Crippen LogP contribution in [-0.4, -0.2) is 16.7 Å². The van der Waals surface area contributed by atoms with Crippen molar-refractivity contribution >= 4 is 32.5 Å². The lowest BCUT2D eigenvalue weighted by atomic mass is 10.0. The molecule has 3 nitrogen and oxygen atoms in total. The largest absolute Gasteiger partial charge is 0.394 e. The van der Waals surface area contributed by atoms with E-state index in [1.54, 1.807) is 6.20 Å². The fourth-order valence-electron chi connectivity index (χ4n) is 2.32. The second-order valence-corrected chi connectivity index (χ2v) is 5.76. The summed E-state index contributed by atoms with van der Waals surface area (Å²) in [6.45, 7) is 0.0261. The van der Waals surface area contributed by atoms with Crippen LogP contribution >= 0.6 is 15.9 Å². The average molecular weight is 343 g/mol. The van der Waals surface area contributed by atoms with Crippen LogP contribution in [-0.2, 0) is 0 Å². The number of nitrogens with one attached hydrogen (secondary N) is 1. The molecule has 0 saturated heterocycles. The monoisotopic (exact) mass is 342 g/mol. The van der Waals surface area contributed by atoms with Gasteiger partial charge in [-0.3, -0.25) is 4.98 Å². The van der Waals surface area contributed by atoms with Crippen LogP contribution in [0.3, 0.4) is 0 Å². The predicted molar refractivity (Wildman–Crippen MR) is 89.3 cm³/mol. The number of anilines is 1. The van der Waals surface area contributed by atoms with Gasteiger partial charge in [-0.15, -0.1) is 0 Å². The molecule has 3 aromatic rings. The number of fused-ring (bicyclic) bond motifs is 1. The van der Waals surface area contributed by atoms with Crippen LogP contribution < -0.4 is 5.32 Å². The lowest BCUT2D eigenvalue weighted by Gasteiger charge is -2.18.